The lowest BCUT2D eigenvalue weighted by atomic mass is 10.0. The van der Waals surface area contributed by atoms with Crippen LogP contribution >= 0.6 is 12.6 Å². The van der Waals surface area contributed by atoms with Gasteiger partial charge in [0.15, 0.2) is 0 Å². The predicted octanol–water partition coefficient (Wildman–Crippen LogP) is 0.381. The van der Waals surface area contributed by atoms with Gasteiger partial charge in [0.05, 0.1) is 12.6 Å². The van der Waals surface area contributed by atoms with E-state index in [0.29, 0.717) is 6.42 Å². The van der Waals surface area contributed by atoms with Crippen molar-refractivity contribution < 1.29 is 24.3 Å². The van der Waals surface area contributed by atoms with Crippen LogP contribution in [0.15, 0.2) is 60.8 Å². The molecule has 11 heteroatoms. The number of aromatic amines is 1. The van der Waals surface area contributed by atoms with Crippen molar-refractivity contribution in [2.75, 3.05) is 12.3 Å². The number of rotatable bonds is 12. The smallest absolute Gasteiger partial charge is 0.326 e. The Morgan fingerprint density at radius 3 is 2.31 bits per heavy atom. The van der Waals surface area contributed by atoms with Crippen LogP contribution in [-0.2, 0) is 32.0 Å². The molecular formula is C25H29N5O5S. The van der Waals surface area contributed by atoms with Gasteiger partial charge in [-0.05, 0) is 23.6 Å². The van der Waals surface area contributed by atoms with Crippen LogP contribution in [-0.4, -0.2) is 64.2 Å². The summed E-state index contributed by atoms with van der Waals surface area (Å²) in [6.07, 6.45) is 2.06. The highest BCUT2D eigenvalue weighted by molar-refractivity contribution is 7.80. The maximum absolute atomic E-state index is 12.7. The number of amides is 3. The second-order valence-corrected chi connectivity index (χ2v) is 8.64. The van der Waals surface area contributed by atoms with Crippen molar-refractivity contribution in [2.45, 2.75) is 31.0 Å². The molecule has 10 nitrogen and oxygen atoms in total. The van der Waals surface area contributed by atoms with Gasteiger partial charge in [-0.2, -0.15) is 12.6 Å². The highest BCUT2D eigenvalue weighted by Gasteiger charge is 2.27. The van der Waals surface area contributed by atoms with E-state index in [9.17, 15) is 24.3 Å². The number of nitrogens with two attached hydrogens (primary N) is 1. The van der Waals surface area contributed by atoms with E-state index >= 15 is 0 Å². The third-order valence-corrected chi connectivity index (χ3v) is 5.97. The number of hydrogen-bond acceptors (Lipinski definition) is 6. The first-order valence-corrected chi connectivity index (χ1v) is 12.0. The second-order valence-electron chi connectivity index (χ2n) is 8.28. The number of hydrogen-bond donors (Lipinski definition) is 7. The molecule has 0 aliphatic rings. The number of benzene rings is 2. The molecular weight excluding hydrogens is 482 g/mol. The first-order valence-electron chi connectivity index (χ1n) is 11.3. The fraction of sp³-hybridized carbons (Fsp3) is 0.280. The maximum Gasteiger partial charge on any atom is 0.326 e. The van der Waals surface area contributed by atoms with Crippen LogP contribution in [0.4, 0.5) is 0 Å². The molecule has 0 aliphatic carbocycles. The number of carboxylic acids is 1. The minimum Gasteiger partial charge on any atom is -0.480 e. The third-order valence-electron chi connectivity index (χ3n) is 5.61. The van der Waals surface area contributed by atoms with Gasteiger partial charge in [-0.3, -0.25) is 14.4 Å². The maximum atomic E-state index is 12.7. The molecule has 0 fully saturated rings. The van der Waals surface area contributed by atoms with Gasteiger partial charge in [0.25, 0.3) is 0 Å². The Morgan fingerprint density at radius 1 is 0.917 bits per heavy atom. The summed E-state index contributed by atoms with van der Waals surface area (Å²) in [4.78, 5) is 52.1. The number of carbonyl (C=O) groups is 4. The fourth-order valence-corrected chi connectivity index (χ4v) is 3.95. The van der Waals surface area contributed by atoms with Gasteiger partial charge in [-0.15, -0.1) is 0 Å². The van der Waals surface area contributed by atoms with Crippen molar-refractivity contribution in [3.8, 4) is 0 Å². The number of para-hydroxylation sites is 1. The van der Waals surface area contributed by atoms with Crippen LogP contribution in [0.5, 0.6) is 0 Å². The number of carboxylic acid groups (broad SMARTS) is 1. The molecule has 3 rings (SSSR count). The number of carbonyl (C=O) groups excluding carboxylic acids is 3. The molecule has 36 heavy (non-hydrogen) atoms. The van der Waals surface area contributed by atoms with Crippen LogP contribution in [0.1, 0.15) is 11.1 Å². The van der Waals surface area contributed by atoms with Crippen molar-refractivity contribution >= 4 is 47.2 Å². The van der Waals surface area contributed by atoms with E-state index < -0.39 is 48.4 Å². The molecule has 0 saturated carbocycles. The summed E-state index contributed by atoms with van der Waals surface area (Å²) < 4.78 is 0. The Balaban J connectivity index is 1.51. The lowest BCUT2D eigenvalue weighted by Crippen LogP contribution is -2.55. The standard InChI is InChI=1S/C25H29N5O5S/c26-18(10-15-6-2-1-3-7-15)23(32)28-13-22(31)29-21(14-36)24(33)30-20(25(34)35)11-16-12-27-19-9-5-4-8-17(16)19/h1-9,12,18,20-21,27,36H,10-11,13-14,26H2,(H,28,32)(H,29,31)(H,30,33)(H,34,35). The predicted molar refractivity (Wildman–Crippen MR) is 138 cm³/mol. The summed E-state index contributed by atoms with van der Waals surface area (Å²) in [5, 5.41) is 17.9. The number of thiol groups is 1. The van der Waals surface area contributed by atoms with Gasteiger partial charge < -0.3 is 31.8 Å². The van der Waals surface area contributed by atoms with Crippen LogP contribution in [0.3, 0.4) is 0 Å². The quantitative estimate of drug-likeness (QED) is 0.174. The summed E-state index contributed by atoms with van der Waals surface area (Å²) in [5.74, 6) is -3.12. The van der Waals surface area contributed by atoms with Crippen LogP contribution in [0.25, 0.3) is 10.9 Å². The van der Waals surface area contributed by atoms with Crippen molar-refractivity contribution in [1.82, 2.24) is 20.9 Å². The summed E-state index contributed by atoms with van der Waals surface area (Å²) in [5.41, 5.74) is 8.38. The zero-order valence-corrected chi connectivity index (χ0v) is 20.3. The van der Waals surface area contributed by atoms with E-state index in [4.69, 9.17) is 5.73 Å². The fourth-order valence-electron chi connectivity index (χ4n) is 3.69. The Bertz CT molecular complexity index is 1220. The largest absolute Gasteiger partial charge is 0.480 e. The van der Waals surface area contributed by atoms with Crippen LogP contribution < -0.4 is 21.7 Å². The molecule has 3 amide bonds. The van der Waals surface area contributed by atoms with E-state index in [1.807, 2.05) is 54.6 Å². The molecule has 0 saturated heterocycles. The number of fused-ring (bicyclic) bond motifs is 1. The molecule has 3 unspecified atom stereocenters. The Kier molecular flexibility index (Phi) is 9.48. The highest BCUT2D eigenvalue weighted by atomic mass is 32.1. The number of H-pyrrole nitrogens is 1. The first kappa shape index (κ1) is 26.8. The van der Waals surface area contributed by atoms with Crippen molar-refractivity contribution in [2.24, 2.45) is 5.73 Å². The molecule has 3 aromatic rings. The number of nitrogens with one attached hydrogen (secondary N) is 4. The number of aromatic nitrogens is 1. The zero-order valence-electron chi connectivity index (χ0n) is 19.4. The van der Waals surface area contributed by atoms with Gasteiger partial charge in [0, 0.05) is 29.3 Å². The van der Waals surface area contributed by atoms with Gasteiger partial charge in [0.2, 0.25) is 17.7 Å². The zero-order chi connectivity index (χ0) is 26.1. The Hall–Kier alpha value is -3.83. The van der Waals surface area contributed by atoms with E-state index in [-0.39, 0.29) is 12.2 Å². The molecule has 2 aromatic carbocycles. The molecule has 0 bridgehead atoms. The topological polar surface area (TPSA) is 166 Å². The highest BCUT2D eigenvalue weighted by Crippen LogP contribution is 2.19. The minimum atomic E-state index is -1.22. The average Bonchev–Trinajstić information content (AvgIpc) is 3.28. The molecule has 1 heterocycles. The number of aliphatic carboxylic acids is 1. The van der Waals surface area contributed by atoms with Gasteiger partial charge in [-0.1, -0.05) is 48.5 Å². The van der Waals surface area contributed by atoms with Gasteiger partial charge >= 0.3 is 5.97 Å². The second kappa shape index (κ2) is 12.8. The molecule has 0 radical (unpaired) electrons. The van der Waals surface area contributed by atoms with Gasteiger partial charge in [-0.25, -0.2) is 4.79 Å². The average molecular weight is 512 g/mol. The van der Waals surface area contributed by atoms with Gasteiger partial charge in [0.1, 0.15) is 12.1 Å². The Labute approximate surface area is 213 Å². The van der Waals surface area contributed by atoms with Crippen LogP contribution in [0, 0.1) is 0 Å². The van der Waals surface area contributed by atoms with E-state index in [1.54, 1.807) is 6.20 Å². The molecule has 1 aromatic heterocycles. The van der Waals surface area contributed by atoms with Crippen molar-refractivity contribution in [3.05, 3.63) is 71.9 Å². The lowest BCUT2D eigenvalue weighted by molar-refractivity contribution is -0.142. The van der Waals surface area contributed by atoms with E-state index in [2.05, 4.69) is 33.6 Å². The Morgan fingerprint density at radius 2 is 1.61 bits per heavy atom. The molecule has 7 N–H and O–H groups in total. The summed E-state index contributed by atoms with van der Waals surface area (Å²) in [6.45, 7) is -0.392. The minimum absolute atomic E-state index is 0.0493. The first-order chi connectivity index (χ1) is 17.3. The van der Waals surface area contributed by atoms with E-state index in [1.165, 1.54) is 0 Å². The SMILES string of the molecule is NC(Cc1ccccc1)C(=O)NCC(=O)NC(CS)C(=O)NC(Cc1c[nH]c2ccccc12)C(=O)O. The van der Waals surface area contributed by atoms with Crippen LogP contribution in [0.2, 0.25) is 0 Å². The summed E-state index contributed by atoms with van der Waals surface area (Å²) in [7, 11) is 0. The monoisotopic (exact) mass is 511 g/mol. The molecule has 0 aliphatic heterocycles. The summed E-state index contributed by atoms with van der Waals surface area (Å²) in [6, 6.07) is 13.5. The normalized spacial score (nSPS) is 13.4. The molecule has 190 valence electrons. The molecule has 0 spiro atoms. The van der Waals surface area contributed by atoms with E-state index in [0.717, 1.165) is 22.0 Å². The molecule has 3 atom stereocenters. The van der Waals surface area contributed by atoms with Crippen molar-refractivity contribution in [1.29, 1.82) is 0 Å². The summed E-state index contributed by atoms with van der Waals surface area (Å²) >= 11 is 4.10. The van der Waals surface area contributed by atoms with Crippen molar-refractivity contribution in [3.63, 3.8) is 0 Å². The third kappa shape index (κ3) is 7.33. The lowest BCUT2D eigenvalue weighted by Gasteiger charge is -2.20.